The molecule has 0 aliphatic carbocycles. The van der Waals surface area contributed by atoms with Gasteiger partial charge in [0, 0.05) is 47.5 Å². The lowest BCUT2D eigenvalue weighted by molar-refractivity contribution is 0.476. The van der Waals surface area contributed by atoms with Crippen molar-refractivity contribution in [2.45, 2.75) is 13.1 Å². The van der Waals surface area contributed by atoms with Crippen molar-refractivity contribution in [2.75, 3.05) is 33.1 Å². The minimum Gasteiger partial charge on any atom is -0.363 e. The van der Waals surface area contributed by atoms with Crippen molar-refractivity contribution in [3.05, 3.63) is 59.8 Å². The van der Waals surface area contributed by atoms with Gasteiger partial charge in [-0.2, -0.15) is 0 Å². The highest BCUT2D eigenvalue weighted by atomic mass is 15.3. The minimum absolute atomic E-state index is 0.717. The van der Waals surface area contributed by atoms with E-state index in [1.54, 1.807) is 0 Å². The Bertz CT molecular complexity index is 637. The topological polar surface area (TPSA) is 43.8 Å². The van der Waals surface area contributed by atoms with Crippen molar-refractivity contribution >= 4 is 11.8 Å². The average molecular weight is 311 g/mol. The summed E-state index contributed by atoms with van der Waals surface area (Å²) in [7, 11) is 7.83. The number of hydrogen-bond acceptors (Lipinski definition) is 3. The molecule has 0 bridgehead atoms. The summed E-state index contributed by atoms with van der Waals surface area (Å²) in [5, 5.41) is 3.40. The van der Waals surface area contributed by atoms with Gasteiger partial charge in [-0.05, 0) is 23.3 Å². The summed E-state index contributed by atoms with van der Waals surface area (Å²) >= 11 is 0. The Morgan fingerprint density at radius 3 is 2.48 bits per heavy atom. The zero-order valence-electron chi connectivity index (χ0n) is 14.3. The summed E-state index contributed by atoms with van der Waals surface area (Å²) in [6.07, 6.45) is 1.84. The number of guanidine groups is 1. The SMILES string of the molecule is CN=C(NCc1ccnc(N(C)C)c1)N(C)Cc1ccccc1. The van der Waals surface area contributed by atoms with Crippen LogP contribution in [0.3, 0.4) is 0 Å². The molecule has 0 amide bonds. The lowest BCUT2D eigenvalue weighted by Crippen LogP contribution is -2.38. The minimum atomic E-state index is 0.717. The van der Waals surface area contributed by atoms with E-state index in [-0.39, 0.29) is 0 Å². The predicted octanol–water partition coefficient (Wildman–Crippen LogP) is 2.35. The molecule has 2 rings (SSSR count). The summed E-state index contributed by atoms with van der Waals surface area (Å²) in [6, 6.07) is 14.5. The number of nitrogens with zero attached hydrogens (tertiary/aromatic N) is 4. The molecule has 0 fully saturated rings. The highest BCUT2D eigenvalue weighted by Crippen LogP contribution is 2.09. The predicted molar refractivity (Wildman–Crippen MR) is 96.7 cm³/mol. The Balaban J connectivity index is 1.96. The first kappa shape index (κ1) is 16.8. The molecule has 1 N–H and O–H groups in total. The van der Waals surface area contributed by atoms with E-state index >= 15 is 0 Å². The first-order chi connectivity index (χ1) is 11.1. The number of aromatic nitrogens is 1. The van der Waals surface area contributed by atoms with E-state index < -0.39 is 0 Å². The quantitative estimate of drug-likeness (QED) is 0.680. The van der Waals surface area contributed by atoms with E-state index in [0.29, 0.717) is 0 Å². The van der Waals surface area contributed by atoms with Crippen molar-refractivity contribution in [2.24, 2.45) is 4.99 Å². The summed E-state index contributed by atoms with van der Waals surface area (Å²) in [6.45, 7) is 1.54. The highest BCUT2D eigenvalue weighted by Gasteiger charge is 2.07. The molecular weight excluding hydrogens is 286 g/mol. The lowest BCUT2D eigenvalue weighted by Gasteiger charge is -2.22. The van der Waals surface area contributed by atoms with Crippen molar-refractivity contribution in [3.8, 4) is 0 Å². The number of pyridine rings is 1. The fourth-order valence-corrected chi connectivity index (χ4v) is 2.31. The summed E-state index contributed by atoms with van der Waals surface area (Å²) in [5.74, 6) is 1.83. The first-order valence-corrected chi connectivity index (χ1v) is 7.68. The van der Waals surface area contributed by atoms with Crippen LogP contribution < -0.4 is 10.2 Å². The van der Waals surface area contributed by atoms with Crippen LogP contribution in [0, 0.1) is 0 Å². The molecule has 5 nitrogen and oxygen atoms in total. The lowest BCUT2D eigenvalue weighted by atomic mass is 10.2. The Morgan fingerprint density at radius 2 is 1.83 bits per heavy atom. The molecule has 122 valence electrons. The van der Waals surface area contributed by atoms with Crippen LogP contribution in [0.2, 0.25) is 0 Å². The van der Waals surface area contributed by atoms with Gasteiger partial charge in [0.1, 0.15) is 5.82 Å². The largest absolute Gasteiger partial charge is 0.363 e. The summed E-state index contributed by atoms with van der Waals surface area (Å²) in [4.78, 5) is 12.8. The van der Waals surface area contributed by atoms with Crippen LogP contribution in [0.5, 0.6) is 0 Å². The second-order valence-electron chi connectivity index (χ2n) is 5.66. The van der Waals surface area contributed by atoms with Gasteiger partial charge in [0.2, 0.25) is 0 Å². The molecule has 5 heteroatoms. The third kappa shape index (κ3) is 4.98. The molecular formula is C18H25N5. The fourth-order valence-electron chi connectivity index (χ4n) is 2.31. The van der Waals surface area contributed by atoms with Crippen LogP contribution in [0.15, 0.2) is 53.7 Å². The highest BCUT2D eigenvalue weighted by molar-refractivity contribution is 5.79. The molecule has 23 heavy (non-hydrogen) atoms. The van der Waals surface area contributed by atoms with Gasteiger partial charge in [-0.3, -0.25) is 4.99 Å². The Hall–Kier alpha value is -2.56. The monoisotopic (exact) mass is 311 g/mol. The van der Waals surface area contributed by atoms with Crippen molar-refractivity contribution in [1.82, 2.24) is 15.2 Å². The Kier molecular flexibility index (Phi) is 5.97. The van der Waals surface area contributed by atoms with Crippen LogP contribution in [-0.4, -0.2) is 44.0 Å². The molecule has 0 saturated heterocycles. The van der Waals surface area contributed by atoms with Crippen molar-refractivity contribution in [1.29, 1.82) is 0 Å². The number of anilines is 1. The molecule has 0 saturated carbocycles. The molecule has 0 radical (unpaired) electrons. The molecule has 0 unspecified atom stereocenters. The Morgan fingerprint density at radius 1 is 1.09 bits per heavy atom. The molecule has 0 aliphatic heterocycles. The normalized spacial score (nSPS) is 11.2. The van der Waals surface area contributed by atoms with Crippen LogP contribution >= 0.6 is 0 Å². The standard InChI is InChI=1S/C18H25N5/c1-19-18(23(4)14-15-8-6-5-7-9-15)21-13-16-10-11-20-17(12-16)22(2)3/h5-12H,13-14H2,1-4H3,(H,19,21). The van der Waals surface area contributed by atoms with Gasteiger partial charge in [0.25, 0.3) is 0 Å². The molecule has 0 spiro atoms. The van der Waals surface area contributed by atoms with Gasteiger partial charge in [-0.1, -0.05) is 30.3 Å². The third-order valence-corrected chi connectivity index (χ3v) is 3.55. The maximum atomic E-state index is 4.36. The second kappa shape index (κ2) is 8.17. The van der Waals surface area contributed by atoms with E-state index in [0.717, 1.165) is 24.9 Å². The van der Waals surface area contributed by atoms with Gasteiger partial charge in [0.05, 0.1) is 0 Å². The fraction of sp³-hybridized carbons (Fsp3) is 0.333. The number of hydrogen-bond donors (Lipinski definition) is 1. The van der Waals surface area contributed by atoms with Crippen molar-refractivity contribution in [3.63, 3.8) is 0 Å². The van der Waals surface area contributed by atoms with E-state index in [1.807, 2.05) is 51.4 Å². The third-order valence-electron chi connectivity index (χ3n) is 3.55. The van der Waals surface area contributed by atoms with Gasteiger partial charge in [0.15, 0.2) is 5.96 Å². The van der Waals surface area contributed by atoms with Crippen LogP contribution in [0.4, 0.5) is 5.82 Å². The number of rotatable bonds is 5. The van der Waals surface area contributed by atoms with Crippen LogP contribution in [0.1, 0.15) is 11.1 Å². The van der Waals surface area contributed by atoms with E-state index in [2.05, 4.69) is 50.5 Å². The molecule has 0 atom stereocenters. The smallest absolute Gasteiger partial charge is 0.193 e. The van der Waals surface area contributed by atoms with Crippen molar-refractivity contribution < 1.29 is 0 Å². The summed E-state index contributed by atoms with van der Waals surface area (Å²) < 4.78 is 0. The first-order valence-electron chi connectivity index (χ1n) is 7.68. The second-order valence-corrected chi connectivity index (χ2v) is 5.66. The Labute approximate surface area is 138 Å². The van der Waals surface area contributed by atoms with Gasteiger partial charge < -0.3 is 15.1 Å². The maximum Gasteiger partial charge on any atom is 0.193 e. The molecule has 1 heterocycles. The molecule has 2 aromatic rings. The molecule has 1 aromatic carbocycles. The summed E-state index contributed by atoms with van der Waals surface area (Å²) in [5.41, 5.74) is 2.44. The zero-order valence-corrected chi connectivity index (χ0v) is 14.3. The molecule has 1 aromatic heterocycles. The van der Waals surface area contributed by atoms with E-state index in [4.69, 9.17) is 0 Å². The van der Waals surface area contributed by atoms with E-state index in [1.165, 1.54) is 11.1 Å². The zero-order chi connectivity index (χ0) is 16.7. The molecule has 0 aliphatic rings. The number of nitrogens with one attached hydrogen (secondary N) is 1. The maximum absolute atomic E-state index is 4.36. The van der Waals surface area contributed by atoms with Gasteiger partial charge in [-0.25, -0.2) is 4.98 Å². The van der Waals surface area contributed by atoms with Gasteiger partial charge in [-0.15, -0.1) is 0 Å². The number of aliphatic imine (C=N–C) groups is 1. The van der Waals surface area contributed by atoms with Crippen LogP contribution in [-0.2, 0) is 13.1 Å². The van der Waals surface area contributed by atoms with Gasteiger partial charge >= 0.3 is 0 Å². The number of benzene rings is 1. The van der Waals surface area contributed by atoms with E-state index in [9.17, 15) is 0 Å². The average Bonchev–Trinajstić information content (AvgIpc) is 2.56. The van der Waals surface area contributed by atoms with Crippen LogP contribution in [0.25, 0.3) is 0 Å².